The lowest BCUT2D eigenvalue weighted by molar-refractivity contribution is -0.137. The highest BCUT2D eigenvalue weighted by atomic mass is 19.4. The van der Waals surface area contributed by atoms with Crippen LogP contribution in [0.1, 0.15) is 53.3 Å². The monoisotopic (exact) mass is 548 g/mol. The smallest absolute Gasteiger partial charge is 0.416 e. The number of halogens is 4. The minimum absolute atomic E-state index is 0.00407. The lowest BCUT2D eigenvalue weighted by Gasteiger charge is -2.28. The first kappa shape index (κ1) is 30.1. The molecular formula is C29H32F4N2O4. The van der Waals surface area contributed by atoms with E-state index in [0.717, 1.165) is 17.7 Å². The quantitative estimate of drug-likeness (QED) is 0.227. The standard InChI is InChI=1S/C29H32F4N2O4/c1-28(2,35-16-26(38)21-6-7-25(37)22(12-21)17-36)14-19-5-3-4-18(8-19)11-27(39)34-15-20-9-23(29(31,32)33)13-24(30)10-20/h3-10,12-13,26,35-38H,11,14-17H2,1-2H3,(H,34,39)/t26-/m0/s1. The Bertz CT molecular complexity index is 1290. The van der Waals surface area contributed by atoms with Crippen molar-refractivity contribution in [2.45, 2.75) is 57.7 Å². The van der Waals surface area contributed by atoms with Gasteiger partial charge in [0.25, 0.3) is 0 Å². The number of benzene rings is 3. The first-order valence-electron chi connectivity index (χ1n) is 12.3. The van der Waals surface area contributed by atoms with Gasteiger partial charge < -0.3 is 26.0 Å². The van der Waals surface area contributed by atoms with Gasteiger partial charge in [-0.3, -0.25) is 4.79 Å². The molecule has 0 unspecified atom stereocenters. The zero-order valence-electron chi connectivity index (χ0n) is 21.6. The summed E-state index contributed by atoms with van der Waals surface area (Å²) in [4.78, 5) is 12.4. The number of phenols is 1. The Morgan fingerprint density at radius 3 is 2.38 bits per heavy atom. The van der Waals surface area contributed by atoms with Gasteiger partial charge in [0.2, 0.25) is 5.91 Å². The third kappa shape index (κ3) is 9.05. The number of carbonyl (C=O) groups is 1. The number of aliphatic hydroxyl groups is 2. The Morgan fingerprint density at radius 2 is 1.69 bits per heavy atom. The Labute approximate surface area is 224 Å². The molecule has 0 spiro atoms. The molecule has 0 aliphatic heterocycles. The van der Waals surface area contributed by atoms with Gasteiger partial charge >= 0.3 is 6.18 Å². The first-order valence-corrected chi connectivity index (χ1v) is 12.3. The van der Waals surface area contributed by atoms with E-state index in [4.69, 9.17) is 0 Å². The van der Waals surface area contributed by atoms with Crippen molar-refractivity contribution in [3.8, 4) is 5.75 Å². The van der Waals surface area contributed by atoms with E-state index in [1.807, 2.05) is 26.0 Å². The van der Waals surface area contributed by atoms with Gasteiger partial charge in [0.15, 0.2) is 0 Å². The van der Waals surface area contributed by atoms with E-state index in [-0.39, 0.29) is 37.4 Å². The van der Waals surface area contributed by atoms with E-state index in [0.29, 0.717) is 29.2 Å². The van der Waals surface area contributed by atoms with Crippen molar-refractivity contribution in [1.82, 2.24) is 10.6 Å². The van der Waals surface area contributed by atoms with Gasteiger partial charge in [0, 0.05) is 24.2 Å². The molecule has 10 heteroatoms. The van der Waals surface area contributed by atoms with Crippen LogP contribution >= 0.6 is 0 Å². The molecule has 6 nitrogen and oxygen atoms in total. The summed E-state index contributed by atoms with van der Waals surface area (Å²) in [7, 11) is 0. The molecule has 1 amide bonds. The van der Waals surface area contributed by atoms with Crippen LogP contribution in [0.15, 0.2) is 60.7 Å². The van der Waals surface area contributed by atoms with Gasteiger partial charge in [-0.25, -0.2) is 4.39 Å². The second-order valence-corrected chi connectivity index (χ2v) is 10.1. The van der Waals surface area contributed by atoms with Crippen LogP contribution < -0.4 is 10.6 Å². The van der Waals surface area contributed by atoms with Crippen molar-refractivity contribution in [2.24, 2.45) is 0 Å². The van der Waals surface area contributed by atoms with Gasteiger partial charge in [0.05, 0.1) is 24.7 Å². The normalized spacial score (nSPS) is 12.8. The van der Waals surface area contributed by atoms with Crippen LogP contribution in [0.3, 0.4) is 0 Å². The van der Waals surface area contributed by atoms with Crippen LogP contribution in [0, 0.1) is 5.82 Å². The van der Waals surface area contributed by atoms with Crippen LogP contribution in [0.5, 0.6) is 5.75 Å². The lowest BCUT2D eigenvalue weighted by Crippen LogP contribution is -2.43. The number of nitrogens with one attached hydrogen (secondary N) is 2. The fourth-order valence-electron chi connectivity index (χ4n) is 4.22. The van der Waals surface area contributed by atoms with E-state index in [1.165, 1.54) is 6.07 Å². The van der Waals surface area contributed by atoms with E-state index in [9.17, 15) is 37.7 Å². The second kappa shape index (κ2) is 12.6. The fourth-order valence-corrected chi connectivity index (χ4v) is 4.22. The SMILES string of the molecule is CC(C)(Cc1cccc(CC(=O)NCc2cc(F)cc(C(F)(F)F)c2)c1)NC[C@H](O)c1ccc(O)c(CO)c1. The summed E-state index contributed by atoms with van der Waals surface area (Å²) in [5.41, 5.74) is 0.984. The second-order valence-electron chi connectivity index (χ2n) is 10.1. The number of aromatic hydroxyl groups is 1. The molecule has 0 saturated carbocycles. The maximum Gasteiger partial charge on any atom is 0.416 e. The summed E-state index contributed by atoms with van der Waals surface area (Å²) in [5.74, 6) is -1.48. The average molecular weight is 549 g/mol. The summed E-state index contributed by atoms with van der Waals surface area (Å²) in [6.07, 6.45) is -4.99. The Morgan fingerprint density at radius 1 is 0.974 bits per heavy atom. The third-order valence-corrected chi connectivity index (χ3v) is 6.21. The summed E-state index contributed by atoms with van der Waals surface area (Å²) >= 11 is 0. The number of hydrogen-bond acceptors (Lipinski definition) is 5. The summed E-state index contributed by atoms with van der Waals surface area (Å²) in [6.45, 7) is 3.57. The number of amides is 1. The average Bonchev–Trinajstić information content (AvgIpc) is 2.85. The van der Waals surface area contributed by atoms with Crippen LogP contribution in [0.25, 0.3) is 0 Å². The number of alkyl halides is 3. The molecule has 5 N–H and O–H groups in total. The molecule has 3 aromatic rings. The van der Waals surface area contributed by atoms with Crippen LogP contribution in [-0.4, -0.2) is 33.3 Å². The fraction of sp³-hybridized carbons (Fsp3) is 0.345. The highest BCUT2D eigenvalue weighted by Crippen LogP contribution is 2.30. The number of carbonyl (C=O) groups excluding carboxylic acids is 1. The number of aliphatic hydroxyl groups excluding tert-OH is 2. The molecule has 0 fully saturated rings. The maximum atomic E-state index is 13.6. The summed E-state index contributed by atoms with van der Waals surface area (Å²) < 4.78 is 52.3. The number of hydrogen-bond donors (Lipinski definition) is 5. The summed E-state index contributed by atoms with van der Waals surface area (Å²) in [6, 6.07) is 14.1. The first-order chi connectivity index (χ1) is 18.3. The Hall–Kier alpha value is -3.47. The molecule has 0 saturated heterocycles. The van der Waals surface area contributed by atoms with E-state index in [2.05, 4.69) is 10.6 Å². The number of β-amino-alcohol motifs (C(OH)–C–C–N with tert-alkyl or cyclic N) is 1. The molecule has 0 bridgehead atoms. The van der Waals surface area contributed by atoms with Gasteiger partial charge in [-0.1, -0.05) is 30.3 Å². The van der Waals surface area contributed by atoms with Crippen molar-refractivity contribution in [3.63, 3.8) is 0 Å². The van der Waals surface area contributed by atoms with Crippen molar-refractivity contribution >= 4 is 5.91 Å². The maximum absolute atomic E-state index is 13.6. The highest BCUT2D eigenvalue weighted by Gasteiger charge is 2.31. The lowest BCUT2D eigenvalue weighted by atomic mass is 9.93. The van der Waals surface area contributed by atoms with Gasteiger partial charge in [-0.15, -0.1) is 0 Å². The number of rotatable bonds is 11. The molecule has 3 aromatic carbocycles. The Kier molecular flexibility index (Phi) is 9.71. The predicted octanol–water partition coefficient (Wildman–Crippen LogP) is 4.55. The highest BCUT2D eigenvalue weighted by molar-refractivity contribution is 5.78. The Balaban J connectivity index is 1.55. The summed E-state index contributed by atoms with van der Waals surface area (Å²) in [5, 5.41) is 35.4. The molecule has 0 heterocycles. The van der Waals surface area contributed by atoms with Gasteiger partial charge in [0.1, 0.15) is 11.6 Å². The van der Waals surface area contributed by atoms with Crippen LogP contribution in [-0.2, 0) is 37.0 Å². The van der Waals surface area contributed by atoms with Crippen molar-refractivity contribution in [2.75, 3.05) is 6.54 Å². The zero-order valence-corrected chi connectivity index (χ0v) is 21.6. The van der Waals surface area contributed by atoms with E-state index >= 15 is 0 Å². The molecule has 39 heavy (non-hydrogen) atoms. The largest absolute Gasteiger partial charge is 0.508 e. The van der Waals surface area contributed by atoms with Crippen molar-refractivity contribution in [1.29, 1.82) is 0 Å². The predicted molar refractivity (Wildman–Crippen MR) is 138 cm³/mol. The molecule has 0 aromatic heterocycles. The molecule has 0 radical (unpaired) electrons. The molecule has 0 aliphatic carbocycles. The van der Waals surface area contributed by atoms with Crippen molar-refractivity contribution in [3.05, 3.63) is 99.9 Å². The van der Waals surface area contributed by atoms with E-state index in [1.54, 1.807) is 24.3 Å². The molecule has 0 aliphatic rings. The third-order valence-electron chi connectivity index (χ3n) is 6.21. The minimum atomic E-state index is -4.68. The molecule has 3 rings (SSSR count). The van der Waals surface area contributed by atoms with Gasteiger partial charge in [-0.2, -0.15) is 13.2 Å². The van der Waals surface area contributed by atoms with Crippen LogP contribution in [0.2, 0.25) is 0 Å². The van der Waals surface area contributed by atoms with Crippen molar-refractivity contribution < 1.29 is 37.7 Å². The molecular weight excluding hydrogens is 516 g/mol. The van der Waals surface area contributed by atoms with Gasteiger partial charge in [-0.05, 0) is 72.9 Å². The van der Waals surface area contributed by atoms with E-state index < -0.39 is 35.1 Å². The minimum Gasteiger partial charge on any atom is -0.508 e. The molecule has 1 atom stereocenters. The molecule has 210 valence electrons. The topological polar surface area (TPSA) is 102 Å². The zero-order chi connectivity index (χ0) is 28.8. The van der Waals surface area contributed by atoms with Crippen LogP contribution in [0.4, 0.5) is 17.6 Å².